The molecule has 0 bridgehead atoms. The van der Waals surface area contributed by atoms with Crippen LogP contribution >= 0.6 is 0 Å². The lowest BCUT2D eigenvalue weighted by Gasteiger charge is -2.21. The third-order valence-electron chi connectivity index (χ3n) is 6.98. The lowest BCUT2D eigenvalue weighted by atomic mass is 9.86. The lowest BCUT2D eigenvalue weighted by Crippen LogP contribution is -2.34. The van der Waals surface area contributed by atoms with Gasteiger partial charge in [-0.2, -0.15) is 0 Å². The van der Waals surface area contributed by atoms with E-state index in [0.29, 0.717) is 12.4 Å². The third kappa shape index (κ3) is 4.73. The number of aromatic nitrogens is 2. The first kappa shape index (κ1) is 22.9. The Morgan fingerprint density at radius 2 is 2.17 bits per heavy atom. The minimum absolute atomic E-state index is 0.165. The maximum absolute atomic E-state index is 12.2. The smallest absolute Gasteiger partial charge is 0.227 e. The Morgan fingerprint density at radius 3 is 2.97 bits per heavy atom. The van der Waals surface area contributed by atoms with E-state index in [9.17, 15) is 4.79 Å². The summed E-state index contributed by atoms with van der Waals surface area (Å²) in [6, 6.07) is 11.6. The van der Waals surface area contributed by atoms with Gasteiger partial charge >= 0.3 is 0 Å². The predicted octanol–water partition coefficient (Wildman–Crippen LogP) is 3.38. The summed E-state index contributed by atoms with van der Waals surface area (Å²) in [7, 11) is 1.87. The Kier molecular flexibility index (Phi) is 6.43. The summed E-state index contributed by atoms with van der Waals surface area (Å²) < 4.78 is 6.20. The highest BCUT2D eigenvalue weighted by atomic mass is 16.5. The largest absolute Gasteiger partial charge is 0.491 e. The lowest BCUT2D eigenvalue weighted by molar-refractivity contribution is -0.127. The minimum Gasteiger partial charge on any atom is -0.491 e. The van der Waals surface area contributed by atoms with Gasteiger partial charge in [-0.3, -0.25) is 4.79 Å². The molecule has 180 valence electrons. The van der Waals surface area contributed by atoms with Crippen LogP contribution in [0.3, 0.4) is 0 Å². The van der Waals surface area contributed by atoms with Crippen molar-refractivity contribution in [2.24, 2.45) is 5.41 Å². The molecule has 2 aromatic carbocycles. The number of benzene rings is 2. The van der Waals surface area contributed by atoms with Crippen LogP contribution in [0.5, 0.6) is 5.75 Å². The SMILES string of the molecule is C#Cc1cccc(Nc2ncnc3cc(NC)c(OCCCN4CCC5(CCNC5=O)C4)cc23)c1. The Balaban J connectivity index is 1.26. The van der Waals surface area contributed by atoms with Gasteiger partial charge in [0.1, 0.15) is 17.9 Å². The molecule has 1 amide bonds. The number of nitrogens with one attached hydrogen (secondary N) is 3. The monoisotopic (exact) mass is 470 g/mol. The molecule has 3 heterocycles. The Hall–Kier alpha value is -3.83. The molecule has 8 heteroatoms. The van der Waals surface area contributed by atoms with E-state index in [0.717, 1.165) is 79.0 Å². The van der Waals surface area contributed by atoms with Crippen molar-refractivity contribution >= 4 is 34.0 Å². The first-order valence-electron chi connectivity index (χ1n) is 12.0. The van der Waals surface area contributed by atoms with Crippen molar-refractivity contribution in [1.29, 1.82) is 0 Å². The van der Waals surface area contributed by atoms with Crippen LogP contribution in [0.15, 0.2) is 42.7 Å². The van der Waals surface area contributed by atoms with Gasteiger partial charge in [-0.25, -0.2) is 9.97 Å². The van der Waals surface area contributed by atoms with Gasteiger partial charge < -0.3 is 25.6 Å². The quantitative estimate of drug-likeness (QED) is 0.343. The zero-order valence-corrected chi connectivity index (χ0v) is 19.9. The number of carbonyl (C=O) groups excluding carboxylic acids is 1. The number of ether oxygens (including phenoxy) is 1. The molecule has 2 aliphatic heterocycles. The number of hydrogen-bond donors (Lipinski definition) is 3. The fourth-order valence-corrected chi connectivity index (χ4v) is 5.05. The van der Waals surface area contributed by atoms with Crippen molar-refractivity contribution in [3.63, 3.8) is 0 Å². The average molecular weight is 471 g/mol. The fraction of sp³-hybridized carbons (Fsp3) is 0.370. The van der Waals surface area contributed by atoms with Crippen LogP contribution in [-0.4, -0.2) is 60.6 Å². The maximum atomic E-state index is 12.2. The Morgan fingerprint density at radius 1 is 1.26 bits per heavy atom. The second-order valence-corrected chi connectivity index (χ2v) is 9.20. The van der Waals surface area contributed by atoms with E-state index in [1.807, 2.05) is 43.4 Å². The molecule has 35 heavy (non-hydrogen) atoms. The minimum atomic E-state index is -0.165. The highest BCUT2D eigenvalue weighted by Gasteiger charge is 2.46. The normalized spacial score (nSPS) is 19.6. The van der Waals surface area contributed by atoms with Crippen LogP contribution in [0.1, 0.15) is 24.8 Å². The molecule has 2 fully saturated rings. The number of hydrogen-bond acceptors (Lipinski definition) is 7. The predicted molar refractivity (Wildman–Crippen MR) is 138 cm³/mol. The van der Waals surface area contributed by atoms with Gasteiger partial charge in [0.2, 0.25) is 5.91 Å². The van der Waals surface area contributed by atoms with E-state index < -0.39 is 0 Å². The van der Waals surface area contributed by atoms with E-state index in [1.54, 1.807) is 6.33 Å². The fourth-order valence-electron chi connectivity index (χ4n) is 5.05. The van der Waals surface area contributed by atoms with E-state index in [-0.39, 0.29) is 11.3 Å². The summed E-state index contributed by atoms with van der Waals surface area (Å²) in [4.78, 5) is 23.5. The van der Waals surface area contributed by atoms with Crippen LogP contribution in [-0.2, 0) is 4.79 Å². The Bertz CT molecular complexity index is 1290. The number of rotatable bonds is 8. The van der Waals surface area contributed by atoms with Crippen molar-refractivity contribution in [3.05, 3.63) is 48.3 Å². The second-order valence-electron chi connectivity index (χ2n) is 9.20. The van der Waals surface area contributed by atoms with Gasteiger partial charge in [-0.1, -0.05) is 12.0 Å². The average Bonchev–Trinajstić information content (AvgIpc) is 3.47. The van der Waals surface area contributed by atoms with Crippen LogP contribution in [0, 0.1) is 17.8 Å². The summed E-state index contributed by atoms with van der Waals surface area (Å²) in [5.74, 6) is 4.32. The maximum Gasteiger partial charge on any atom is 0.227 e. The van der Waals surface area contributed by atoms with E-state index >= 15 is 0 Å². The highest BCUT2D eigenvalue weighted by Crippen LogP contribution is 2.37. The number of anilines is 3. The number of terminal acetylenes is 1. The highest BCUT2D eigenvalue weighted by molar-refractivity contribution is 5.94. The van der Waals surface area contributed by atoms with Crippen LogP contribution in [0.2, 0.25) is 0 Å². The number of amides is 1. The van der Waals surface area contributed by atoms with Crippen molar-refractivity contribution < 1.29 is 9.53 Å². The molecule has 1 atom stereocenters. The van der Waals surface area contributed by atoms with Gasteiger partial charge in [-0.05, 0) is 56.1 Å². The van der Waals surface area contributed by atoms with Crippen molar-refractivity contribution in [3.8, 4) is 18.1 Å². The van der Waals surface area contributed by atoms with Crippen LogP contribution in [0.4, 0.5) is 17.2 Å². The van der Waals surface area contributed by atoms with Gasteiger partial charge in [0, 0.05) is 43.3 Å². The summed E-state index contributed by atoms with van der Waals surface area (Å²) >= 11 is 0. The van der Waals surface area contributed by atoms with Gasteiger partial charge in [0.15, 0.2) is 0 Å². The number of likely N-dealkylation sites (tertiary alicyclic amines) is 1. The second kappa shape index (κ2) is 9.80. The van der Waals surface area contributed by atoms with Crippen molar-refractivity contribution in [2.75, 3.05) is 50.5 Å². The molecule has 1 aromatic heterocycles. The topological polar surface area (TPSA) is 91.4 Å². The first-order chi connectivity index (χ1) is 17.1. The van der Waals surface area contributed by atoms with E-state index in [1.165, 1.54) is 0 Å². The van der Waals surface area contributed by atoms with Crippen molar-refractivity contribution in [2.45, 2.75) is 19.3 Å². The summed E-state index contributed by atoms with van der Waals surface area (Å²) in [5.41, 5.74) is 3.18. The van der Waals surface area contributed by atoms with E-state index in [4.69, 9.17) is 11.2 Å². The molecule has 0 radical (unpaired) electrons. The number of nitrogens with zero attached hydrogens (tertiary/aromatic N) is 3. The standard InChI is InChI=1S/C27H30N6O2/c1-3-19-6-4-7-20(14-19)32-25-21-15-24(23(28-2)16-22(21)30-18-31-25)35-13-5-11-33-12-9-27(17-33)8-10-29-26(27)34/h1,4,6-7,14-16,18,28H,5,8-13,17H2,2H3,(H,29,34)(H,30,31,32). The molecule has 5 rings (SSSR count). The molecule has 3 N–H and O–H groups in total. The number of carbonyl (C=O) groups is 1. The number of fused-ring (bicyclic) bond motifs is 1. The molecule has 2 aliphatic rings. The molecule has 2 saturated heterocycles. The van der Waals surface area contributed by atoms with Gasteiger partial charge in [-0.15, -0.1) is 6.42 Å². The zero-order valence-electron chi connectivity index (χ0n) is 19.9. The van der Waals surface area contributed by atoms with Gasteiger partial charge in [0.25, 0.3) is 0 Å². The van der Waals surface area contributed by atoms with E-state index in [2.05, 4.69) is 36.7 Å². The third-order valence-corrected chi connectivity index (χ3v) is 6.98. The summed E-state index contributed by atoms with van der Waals surface area (Å²) in [6.07, 6.45) is 9.87. The summed E-state index contributed by atoms with van der Waals surface area (Å²) in [5, 5.41) is 10.4. The molecule has 3 aromatic rings. The zero-order chi connectivity index (χ0) is 24.3. The molecular weight excluding hydrogens is 440 g/mol. The molecule has 8 nitrogen and oxygen atoms in total. The molecule has 1 unspecified atom stereocenters. The van der Waals surface area contributed by atoms with Crippen LogP contribution in [0.25, 0.3) is 10.9 Å². The molecule has 0 aliphatic carbocycles. The molecular formula is C27H30N6O2. The first-order valence-corrected chi connectivity index (χ1v) is 12.0. The summed E-state index contributed by atoms with van der Waals surface area (Å²) in [6.45, 7) is 4.12. The van der Waals surface area contributed by atoms with Crippen molar-refractivity contribution in [1.82, 2.24) is 20.2 Å². The van der Waals surface area contributed by atoms with Crippen LogP contribution < -0.4 is 20.7 Å². The molecule has 0 saturated carbocycles. The molecule has 1 spiro atoms. The Labute approximate surface area is 205 Å². The van der Waals surface area contributed by atoms with Gasteiger partial charge in [0.05, 0.1) is 23.2 Å².